The maximum absolute atomic E-state index is 4.23. The lowest BCUT2D eigenvalue weighted by Crippen LogP contribution is -1.92. The first-order chi connectivity index (χ1) is 9.13. The zero-order chi connectivity index (χ0) is 13.8. The minimum atomic E-state index is 0.558. The molecule has 0 fully saturated rings. The maximum Gasteiger partial charge on any atom is -0.0112 e. The molecule has 0 atom stereocenters. The summed E-state index contributed by atoms with van der Waals surface area (Å²) in [5, 5.41) is 0. The van der Waals surface area contributed by atoms with Gasteiger partial charge in [-0.15, -0.1) is 0 Å². The predicted octanol–water partition coefficient (Wildman–Crippen LogP) is 5.51. The molecule has 0 aliphatic carbocycles. The summed E-state index contributed by atoms with van der Waals surface area (Å²) in [7, 11) is 0. The van der Waals surface area contributed by atoms with E-state index in [0.717, 1.165) is 16.7 Å². The van der Waals surface area contributed by atoms with E-state index < -0.39 is 0 Å². The predicted molar refractivity (Wildman–Crippen MR) is 85.2 cm³/mol. The third kappa shape index (κ3) is 2.85. The molecular formula is C19H20. The van der Waals surface area contributed by atoms with Gasteiger partial charge in [-0.1, -0.05) is 81.6 Å². The van der Waals surface area contributed by atoms with Crippen molar-refractivity contribution in [2.24, 2.45) is 0 Å². The monoisotopic (exact) mass is 248 g/mol. The maximum atomic E-state index is 4.23. The van der Waals surface area contributed by atoms with Crippen molar-refractivity contribution in [2.75, 3.05) is 0 Å². The van der Waals surface area contributed by atoms with Crippen LogP contribution >= 0.6 is 0 Å². The Bertz CT molecular complexity index is 586. The minimum absolute atomic E-state index is 0.558. The Balaban J connectivity index is 2.36. The molecule has 0 heterocycles. The van der Waals surface area contributed by atoms with E-state index >= 15 is 0 Å². The molecule has 2 rings (SSSR count). The van der Waals surface area contributed by atoms with Crippen LogP contribution in [0.5, 0.6) is 0 Å². The van der Waals surface area contributed by atoms with E-state index in [2.05, 4.69) is 63.4 Å². The Morgan fingerprint density at radius 3 is 2.21 bits per heavy atom. The van der Waals surface area contributed by atoms with Gasteiger partial charge >= 0.3 is 0 Å². The van der Waals surface area contributed by atoms with Crippen LogP contribution in [0.1, 0.15) is 42.0 Å². The van der Waals surface area contributed by atoms with Crippen molar-refractivity contribution in [1.29, 1.82) is 0 Å². The zero-order valence-corrected chi connectivity index (χ0v) is 11.7. The molecule has 0 unspecified atom stereocenters. The van der Waals surface area contributed by atoms with Crippen molar-refractivity contribution >= 4 is 11.6 Å². The van der Waals surface area contributed by atoms with Gasteiger partial charge in [-0.3, -0.25) is 0 Å². The van der Waals surface area contributed by atoms with Gasteiger partial charge in [0.15, 0.2) is 0 Å². The van der Waals surface area contributed by atoms with Gasteiger partial charge in [-0.05, 0) is 33.7 Å². The lowest BCUT2D eigenvalue weighted by atomic mass is 9.93. The number of rotatable bonds is 4. The van der Waals surface area contributed by atoms with E-state index in [1.165, 1.54) is 11.1 Å². The molecule has 0 saturated heterocycles. The molecule has 0 amide bonds. The van der Waals surface area contributed by atoms with Gasteiger partial charge in [0.1, 0.15) is 0 Å². The van der Waals surface area contributed by atoms with Gasteiger partial charge in [-0.25, -0.2) is 0 Å². The Morgan fingerprint density at radius 2 is 1.63 bits per heavy atom. The zero-order valence-electron chi connectivity index (χ0n) is 11.7. The van der Waals surface area contributed by atoms with Crippen LogP contribution in [0.2, 0.25) is 0 Å². The molecule has 0 radical (unpaired) electrons. The van der Waals surface area contributed by atoms with Crippen LogP contribution in [-0.2, 0) is 0 Å². The van der Waals surface area contributed by atoms with Crippen LogP contribution in [0, 0.1) is 0 Å². The fourth-order valence-corrected chi connectivity index (χ4v) is 2.17. The molecule has 0 saturated carbocycles. The van der Waals surface area contributed by atoms with E-state index in [-0.39, 0.29) is 0 Å². The van der Waals surface area contributed by atoms with Crippen molar-refractivity contribution < 1.29 is 0 Å². The first kappa shape index (κ1) is 13.4. The lowest BCUT2D eigenvalue weighted by molar-refractivity contribution is 0.866. The summed E-state index contributed by atoms with van der Waals surface area (Å²) in [4.78, 5) is 0. The Hall–Kier alpha value is -2.08. The molecule has 0 aliphatic rings. The summed E-state index contributed by atoms with van der Waals surface area (Å²) < 4.78 is 0. The first-order valence-corrected chi connectivity index (χ1v) is 6.64. The second-order valence-corrected chi connectivity index (χ2v) is 5.05. The highest BCUT2D eigenvalue weighted by Gasteiger charge is 2.06. The standard InChI is InChI=1S/C19H20/c1-5-16-8-6-7-9-19(16)15(4)18-12-10-17(11-13-18)14(2)3/h5-14H,1,4H2,2-3H3. The highest BCUT2D eigenvalue weighted by atomic mass is 14.1. The third-order valence-corrected chi connectivity index (χ3v) is 3.43. The van der Waals surface area contributed by atoms with Crippen LogP contribution < -0.4 is 0 Å². The fourth-order valence-electron chi connectivity index (χ4n) is 2.17. The average Bonchev–Trinajstić information content (AvgIpc) is 2.46. The van der Waals surface area contributed by atoms with E-state index in [1.54, 1.807) is 0 Å². The van der Waals surface area contributed by atoms with Crippen molar-refractivity contribution in [3.05, 3.63) is 83.9 Å². The lowest BCUT2D eigenvalue weighted by Gasteiger charge is -2.11. The van der Waals surface area contributed by atoms with Crippen LogP contribution in [0.4, 0.5) is 0 Å². The van der Waals surface area contributed by atoms with Crippen LogP contribution in [0.25, 0.3) is 11.6 Å². The molecule has 96 valence electrons. The molecule has 2 aromatic carbocycles. The van der Waals surface area contributed by atoms with Crippen LogP contribution in [0.15, 0.2) is 61.7 Å². The highest BCUT2D eigenvalue weighted by molar-refractivity contribution is 5.82. The fraction of sp³-hybridized carbons (Fsp3) is 0.158. The molecule has 0 bridgehead atoms. The van der Waals surface area contributed by atoms with E-state index in [9.17, 15) is 0 Å². The average molecular weight is 248 g/mol. The Labute approximate surface area is 116 Å². The summed E-state index contributed by atoms with van der Waals surface area (Å²) in [5.41, 5.74) is 5.84. The minimum Gasteiger partial charge on any atom is -0.0984 e. The highest BCUT2D eigenvalue weighted by Crippen LogP contribution is 2.26. The molecule has 0 spiro atoms. The van der Waals surface area contributed by atoms with E-state index in [0.29, 0.717) is 5.92 Å². The third-order valence-electron chi connectivity index (χ3n) is 3.43. The van der Waals surface area contributed by atoms with Crippen molar-refractivity contribution in [3.8, 4) is 0 Å². The molecule has 0 heteroatoms. The summed E-state index contributed by atoms with van der Waals surface area (Å²) >= 11 is 0. The van der Waals surface area contributed by atoms with Gasteiger partial charge in [0.25, 0.3) is 0 Å². The molecular weight excluding hydrogens is 228 g/mol. The summed E-state index contributed by atoms with van der Waals surface area (Å²) in [5.74, 6) is 0.558. The van der Waals surface area contributed by atoms with Crippen molar-refractivity contribution in [2.45, 2.75) is 19.8 Å². The smallest absolute Gasteiger partial charge is 0.0112 e. The van der Waals surface area contributed by atoms with Gasteiger partial charge in [-0.2, -0.15) is 0 Å². The molecule has 19 heavy (non-hydrogen) atoms. The second kappa shape index (κ2) is 5.71. The molecule has 0 aromatic heterocycles. The van der Waals surface area contributed by atoms with Gasteiger partial charge in [0.2, 0.25) is 0 Å². The van der Waals surface area contributed by atoms with E-state index in [4.69, 9.17) is 0 Å². The molecule has 0 N–H and O–H groups in total. The quantitative estimate of drug-likeness (QED) is 0.668. The summed E-state index contributed by atoms with van der Waals surface area (Å²) in [6, 6.07) is 16.9. The topological polar surface area (TPSA) is 0 Å². The molecule has 0 nitrogen and oxygen atoms in total. The van der Waals surface area contributed by atoms with Crippen LogP contribution in [-0.4, -0.2) is 0 Å². The Morgan fingerprint density at radius 1 is 1.00 bits per heavy atom. The first-order valence-electron chi connectivity index (χ1n) is 6.64. The Kier molecular flexibility index (Phi) is 4.01. The van der Waals surface area contributed by atoms with Crippen molar-refractivity contribution in [1.82, 2.24) is 0 Å². The molecule has 0 aliphatic heterocycles. The largest absolute Gasteiger partial charge is 0.0984 e. The van der Waals surface area contributed by atoms with E-state index in [1.807, 2.05) is 18.2 Å². The van der Waals surface area contributed by atoms with Crippen LogP contribution in [0.3, 0.4) is 0 Å². The van der Waals surface area contributed by atoms with Gasteiger partial charge < -0.3 is 0 Å². The van der Waals surface area contributed by atoms with Gasteiger partial charge in [0, 0.05) is 0 Å². The van der Waals surface area contributed by atoms with Gasteiger partial charge in [0.05, 0.1) is 0 Å². The van der Waals surface area contributed by atoms with Crippen molar-refractivity contribution in [3.63, 3.8) is 0 Å². The summed E-state index contributed by atoms with van der Waals surface area (Å²) in [6.07, 6.45) is 1.88. The normalized spacial score (nSPS) is 10.5. The number of hydrogen-bond acceptors (Lipinski definition) is 0. The summed E-state index contributed by atoms with van der Waals surface area (Å²) in [6.45, 7) is 12.5. The number of benzene rings is 2. The SMILES string of the molecule is C=Cc1ccccc1C(=C)c1ccc(C(C)C)cc1. The number of hydrogen-bond donors (Lipinski definition) is 0. The molecule has 2 aromatic rings. The second-order valence-electron chi connectivity index (χ2n) is 5.05.